The highest BCUT2D eigenvalue weighted by molar-refractivity contribution is 5.88. The fourth-order valence-corrected chi connectivity index (χ4v) is 3.31. The summed E-state index contributed by atoms with van der Waals surface area (Å²) in [6, 6.07) is 16.6. The van der Waals surface area contributed by atoms with Gasteiger partial charge in [-0.2, -0.15) is 9.61 Å². The summed E-state index contributed by atoms with van der Waals surface area (Å²) in [5.74, 6) is -0.242. The van der Waals surface area contributed by atoms with E-state index in [0.29, 0.717) is 34.3 Å². The van der Waals surface area contributed by atoms with E-state index in [2.05, 4.69) is 15.4 Å². The molecule has 0 unspecified atom stereocenters. The third-order valence-corrected chi connectivity index (χ3v) is 5.00. The molecule has 0 spiro atoms. The number of hydrogen-bond acceptors (Lipinski definition) is 4. The molecule has 0 aliphatic heterocycles. The lowest BCUT2D eigenvalue weighted by Crippen LogP contribution is -2.03. The van der Waals surface area contributed by atoms with E-state index in [9.17, 15) is 9.18 Å². The summed E-state index contributed by atoms with van der Waals surface area (Å²) in [7, 11) is 0. The minimum absolute atomic E-state index is 0.206. The Hall–Kier alpha value is -3.74. The largest absolute Gasteiger partial charge is 0.478 e. The molecule has 2 aromatic heterocycles. The number of halogens is 1. The van der Waals surface area contributed by atoms with E-state index in [1.165, 1.54) is 18.2 Å². The van der Waals surface area contributed by atoms with Crippen molar-refractivity contribution in [3.8, 4) is 11.3 Å². The lowest BCUT2D eigenvalue weighted by molar-refractivity contribution is 0.0697. The average Bonchev–Trinajstić information content (AvgIpc) is 3.48. The Balaban J connectivity index is 1.61. The summed E-state index contributed by atoms with van der Waals surface area (Å²) in [6.07, 6.45) is 2.23. The Labute approximate surface area is 165 Å². The van der Waals surface area contributed by atoms with Gasteiger partial charge in [0, 0.05) is 29.3 Å². The molecule has 2 N–H and O–H groups in total. The van der Waals surface area contributed by atoms with E-state index in [0.717, 1.165) is 18.5 Å². The fourth-order valence-electron chi connectivity index (χ4n) is 3.31. The molecule has 2 heterocycles. The van der Waals surface area contributed by atoms with E-state index in [-0.39, 0.29) is 11.4 Å². The third-order valence-electron chi connectivity index (χ3n) is 5.00. The van der Waals surface area contributed by atoms with Gasteiger partial charge in [0.25, 0.3) is 0 Å². The summed E-state index contributed by atoms with van der Waals surface area (Å²) in [5, 5.41) is 17.0. The normalized spacial score (nSPS) is 13.6. The van der Waals surface area contributed by atoms with Crippen molar-refractivity contribution in [3.05, 3.63) is 77.7 Å². The van der Waals surface area contributed by atoms with Crippen molar-refractivity contribution in [2.45, 2.75) is 18.8 Å². The average molecular weight is 388 g/mol. The first kappa shape index (κ1) is 17.4. The summed E-state index contributed by atoms with van der Waals surface area (Å²) >= 11 is 0. The SMILES string of the molecule is O=C(O)c1ccc(Nc2cc(-c3ccccc3F)nc3cc(C4CC4)nn23)cc1. The number of aromatic nitrogens is 3. The van der Waals surface area contributed by atoms with E-state index in [1.807, 2.05) is 6.07 Å². The van der Waals surface area contributed by atoms with Gasteiger partial charge in [0.2, 0.25) is 0 Å². The molecule has 1 aliphatic rings. The Morgan fingerprint density at radius 2 is 1.86 bits per heavy atom. The Morgan fingerprint density at radius 1 is 1.10 bits per heavy atom. The molecule has 1 aliphatic carbocycles. The molecule has 0 amide bonds. The maximum absolute atomic E-state index is 14.4. The summed E-state index contributed by atoms with van der Waals surface area (Å²) in [5.41, 5.74) is 3.43. The van der Waals surface area contributed by atoms with Crippen molar-refractivity contribution in [2.24, 2.45) is 0 Å². The molecule has 7 heteroatoms. The van der Waals surface area contributed by atoms with Crippen molar-refractivity contribution < 1.29 is 14.3 Å². The molecule has 144 valence electrons. The summed E-state index contributed by atoms with van der Waals surface area (Å²) < 4.78 is 16.1. The smallest absolute Gasteiger partial charge is 0.335 e. The Kier molecular flexibility index (Phi) is 4.01. The van der Waals surface area contributed by atoms with E-state index < -0.39 is 5.97 Å². The molecule has 2 aromatic carbocycles. The highest BCUT2D eigenvalue weighted by Gasteiger charge is 2.27. The number of aromatic carboxylic acids is 1. The molecule has 4 aromatic rings. The van der Waals surface area contributed by atoms with Crippen LogP contribution in [0.25, 0.3) is 16.9 Å². The second kappa shape index (κ2) is 6.70. The van der Waals surface area contributed by atoms with Gasteiger partial charge < -0.3 is 10.4 Å². The molecule has 0 radical (unpaired) electrons. The molecule has 6 nitrogen and oxygen atoms in total. The first-order chi connectivity index (χ1) is 14.1. The van der Waals surface area contributed by atoms with E-state index in [4.69, 9.17) is 5.11 Å². The second-order valence-electron chi connectivity index (χ2n) is 7.13. The quantitative estimate of drug-likeness (QED) is 0.511. The highest BCUT2D eigenvalue weighted by Crippen LogP contribution is 2.40. The molecule has 1 saturated carbocycles. The molecular formula is C22H17FN4O2. The minimum atomic E-state index is -0.981. The predicted octanol–water partition coefficient (Wildman–Crippen LogP) is 4.85. The van der Waals surface area contributed by atoms with Crippen molar-refractivity contribution in [3.63, 3.8) is 0 Å². The van der Waals surface area contributed by atoms with Crippen molar-refractivity contribution in [1.82, 2.24) is 14.6 Å². The number of carboxylic acids is 1. The van der Waals surface area contributed by atoms with Crippen molar-refractivity contribution in [2.75, 3.05) is 5.32 Å². The van der Waals surface area contributed by atoms with Gasteiger partial charge in [-0.25, -0.2) is 14.2 Å². The fraction of sp³-hybridized carbons (Fsp3) is 0.136. The van der Waals surface area contributed by atoms with Crippen LogP contribution in [-0.2, 0) is 0 Å². The van der Waals surface area contributed by atoms with Crippen LogP contribution in [0, 0.1) is 5.82 Å². The lowest BCUT2D eigenvalue weighted by atomic mass is 10.1. The number of anilines is 2. The minimum Gasteiger partial charge on any atom is -0.478 e. The monoisotopic (exact) mass is 388 g/mol. The van der Waals surface area contributed by atoms with Gasteiger partial charge >= 0.3 is 5.97 Å². The van der Waals surface area contributed by atoms with Gasteiger partial charge in [0.1, 0.15) is 11.6 Å². The van der Waals surface area contributed by atoms with Crippen LogP contribution < -0.4 is 5.32 Å². The molecule has 1 fully saturated rings. The molecule has 0 saturated heterocycles. The number of fused-ring (bicyclic) bond motifs is 1. The molecular weight excluding hydrogens is 371 g/mol. The molecule has 0 bridgehead atoms. The molecule has 0 atom stereocenters. The van der Waals surface area contributed by atoms with E-state index >= 15 is 0 Å². The first-order valence-electron chi connectivity index (χ1n) is 9.34. The molecule has 5 rings (SSSR count). The highest BCUT2D eigenvalue weighted by atomic mass is 19.1. The van der Waals surface area contributed by atoms with Crippen molar-refractivity contribution in [1.29, 1.82) is 0 Å². The van der Waals surface area contributed by atoms with Crippen molar-refractivity contribution >= 4 is 23.1 Å². The van der Waals surface area contributed by atoms with Crippen LogP contribution in [0.3, 0.4) is 0 Å². The molecule has 29 heavy (non-hydrogen) atoms. The maximum Gasteiger partial charge on any atom is 0.335 e. The van der Waals surface area contributed by atoms with Crippen LogP contribution in [0.1, 0.15) is 34.8 Å². The number of benzene rings is 2. The topological polar surface area (TPSA) is 79.5 Å². The van der Waals surface area contributed by atoms with Crippen LogP contribution in [0.4, 0.5) is 15.9 Å². The van der Waals surface area contributed by atoms with Gasteiger partial charge in [0.15, 0.2) is 5.65 Å². The van der Waals surface area contributed by atoms with Gasteiger partial charge in [-0.1, -0.05) is 12.1 Å². The standard InChI is InChI=1S/C22H17FN4O2/c23-17-4-2-1-3-16(17)19-12-20(24-15-9-7-14(8-10-15)22(28)29)27-21(25-19)11-18(26-27)13-5-6-13/h1-4,7-13,24H,5-6H2,(H,28,29). The zero-order chi connectivity index (χ0) is 20.0. The van der Waals surface area contributed by atoms with Crippen LogP contribution in [0.5, 0.6) is 0 Å². The second-order valence-corrected chi connectivity index (χ2v) is 7.13. The third kappa shape index (κ3) is 3.31. The number of hydrogen-bond donors (Lipinski definition) is 2. The predicted molar refractivity (Wildman–Crippen MR) is 107 cm³/mol. The van der Waals surface area contributed by atoms with Crippen LogP contribution in [0.2, 0.25) is 0 Å². The van der Waals surface area contributed by atoms with Gasteiger partial charge in [-0.3, -0.25) is 0 Å². The van der Waals surface area contributed by atoms with Crippen LogP contribution >= 0.6 is 0 Å². The summed E-state index contributed by atoms with van der Waals surface area (Å²) in [6.45, 7) is 0. The number of carbonyl (C=O) groups is 1. The maximum atomic E-state index is 14.4. The number of nitrogens with zero attached hydrogens (tertiary/aromatic N) is 3. The van der Waals surface area contributed by atoms with Gasteiger partial charge in [0.05, 0.1) is 17.0 Å². The van der Waals surface area contributed by atoms with Gasteiger partial charge in [-0.15, -0.1) is 0 Å². The first-order valence-corrected chi connectivity index (χ1v) is 9.34. The van der Waals surface area contributed by atoms with Gasteiger partial charge in [-0.05, 0) is 49.2 Å². The zero-order valence-corrected chi connectivity index (χ0v) is 15.3. The number of rotatable bonds is 5. The van der Waals surface area contributed by atoms with Crippen LogP contribution in [0.15, 0.2) is 60.7 Å². The zero-order valence-electron chi connectivity index (χ0n) is 15.3. The van der Waals surface area contributed by atoms with E-state index in [1.54, 1.807) is 40.9 Å². The van der Waals surface area contributed by atoms with Crippen LogP contribution in [-0.4, -0.2) is 25.7 Å². The summed E-state index contributed by atoms with van der Waals surface area (Å²) in [4.78, 5) is 15.7. The lowest BCUT2D eigenvalue weighted by Gasteiger charge is -2.11. The number of carboxylic acid groups (broad SMARTS) is 1. The Morgan fingerprint density at radius 3 is 2.55 bits per heavy atom. The number of nitrogens with one attached hydrogen (secondary N) is 1. The Bertz CT molecular complexity index is 1230.